The summed E-state index contributed by atoms with van der Waals surface area (Å²) in [5.74, 6) is -0.511. The van der Waals surface area contributed by atoms with E-state index in [2.05, 4.69) is 36.2 Å². The minimum Gasteiger partial charge on any atom is -0.364 e. The number of benzene rings is 2. The molecular weight excluding hydrogens is 296 g/mol. The van der Waals surface area contributed by atoms with Gasteiger partial charge in [-0.05, 0) is 35.2 Å². The molecule has 0 aliphatic rings. The van der Waals surface area contributed by atoms with E-state index in [9.17, 15) is 4.79 Å². The zero-order valence-corrected chi connectivity index (χ0v) is 13.6. The van der Waals surface area contributed by atoms with Gasteiger partial charge in [0.15, 0.2) is 0 Å². The van der Waals surface area contributed by atoms with Crippen LogP contribution in [0.15, 0.2) is 79.0 Å². The van der Waals surface area contributed by atoms with Gasteiger partial charge in [0.1, 0.15) is 5.69 Å². The molecule has 3 rings (SSSR count). The molecule has 3 aromatic rings. The number of primary amides is 1. The van der Waals surface area contributed by atoms with Crippen LogP contribution in [0.4, 0.5) is 0 Å². The van der Waals surface area contributed by atoms with Crippen molar-refractivity contribution in [2.75, 3.05) is 0 Å². The minimum atomic E-state index is -0.511. The second kappa shape index (κ2) is 6.67. The first kappa shape index (κ1) is 15.9. The largest absolute Gasteiger partial charge is 0.364 e. The Labute approximate surface area is 142 Å². The Bertz CT molecular complexity index is 789. The Kier molecular flexibility index (Phi) is 4.43. The van der Waals surface area contributed by atoms with Crippen LogP contribution >= 0.6 is 0 Å². The van der Waals surface area contributed by atoms with E-state index in [1.165, 1.54) is 11.1 Å². The van der Waals surface area contributed by atoms with Crippen molar-refractivity contribution in [1.82, 2.24) is 4.98 Å². The van der Waals surface area contributed by atoms with Crippen LogP contribution < -0.4 is 5.73 Å². The van der Waals surface area contributed by atoms with E-state index < -0.39 is 5.91 Å². The summed E-state index contributed by atoms with van der Waals surface area (Å²) >= 11 is 0. The second-order valence-corrected chi connectivity index (χ2v) is 5.78. The highest BCUT2D eigenvalue weighted by Gasteiger charge is 2.34. The van der Waals surface area contributed by atoms with E-state index in [-0.39, 0.29) is 11.1 Å². The van der Waals surface area contributed by atoms with Crippen LogP contribution in [0.2, 0.25) is 0 Å². The highest BCUT2D eigenvalue weighted by atomic mass is 16.1. The van der Waals surface area contributed by atoms with Gasteiger partial charge in [-0.15, -0.1) is 0 Å². The molecule has 1 heterocycles. The van der Waals surface area contributed by atoms with Crippen molar-refractivity contribution in [1.29, 1.82) is 0 Å². The zero-order chi connectivity index (χ0) is 17.0. The number of amides is 1. The molecule has 2 aromatic carbocycles. The molecule has 1 amide bonds. The third-order valence-electron chi connectivity index (χ3n) is 4.57. The Morgan fingerprint density at radius 3 is 1.92 bits per heavy atom. The van der Waals surface area contributed by atoms with Gasteiger partial charge in [-0.1, -0.05) is 67.6 Å². The number of nitrogens with two attached hydrogens (primary N) is 1. The maximum Gasteiger partial charge on any atom is 0.267 e. The quantitative estimate of drug-likeness (QED) is 0.775. The van der Waals surface area contributed by atoms with E-state index in [0.717, 1.165) is 12.0 Å². The maximum atomic E-state index is 11.6. The van der Waals surface area contributed by atoms with Gasteiger partial charge in [0, 0.05) is 11.6 Å². The molecular formula is C21H20N2O. The molecule has 0 aliphatic heterocycles. The maximum absolute atomic E-state index is 11.6. The van der Waals surface area contributed by atoms with E-state index in [4.69, 9.17) is 5.73 Å². The van der Waals surface area contributed by atoms with Gasteiger partial charge in [0.05, 0.1) is 0 Å². The Morgan fingerprint density at radius 1 is 0.917 bits per heavy atom. The lowest BCUT2D eigenvalue weighted by molar-refractivity contribution is 0.0995. The first-order valence-corrected chi connectivity index (χ1v) is 8.06. The van der Waals surface area contributed by atoms with Crippen molar-refractivity contribution in [2.45, 2.75) is 18.8 Å². The first-order chi connectivity index (χ1) is 11.7. The number of hydrogen-bond acceptors (Lipinski definition) is 2. The van der Waals surface area contributed by atoms with Gasteiger partial charge >= 0.3 is 0 Å². The average Bonchev–Trinajstić information content (AvgIpc) is 2.65. The SMILES string of the molecule is CCC(c1ccccc1)(c1ccccc1)c1ccnc(C(N)=O)c1. The lowest BCUT2D eigenvalue weighted by Crippen LogP contribution is -2.29. The number of pyridine rings is 1. The van der Waals surface area contributed by atoms with Crippen molar-refractivity contribution in [3.05, 3.63) is 101 Å². The fourth-order valence-corrected chi connectivity index (χ4v) is 3.39. The van der Waals surface area contributed by atoms with Gasteiger partial charge in [-0.25, -0.2) is 0 Å². The molecule has 2 N–H and O–H groups in total. The van der Waals surface area contributed by atoms with E-state index >= 15 is 0 Å². The lowest BCUT2D eigenvalue weighted by atomic mass is 9.68. The molecule has 1 aromatic heterocycles. The van der Waals surface area contributed by atoms with Crippen LogP contribution in [0.5, 0.6) is 0 Å². The summed E-state index contributed by atoms with van der Waals surface area (Å²) in [7, 11) is 0. The van der Waals surface area contributed by atoms with Crippen LogP contribution in [0.25, 0.3) is 0 Å². The van der Waals surface area contributed by atoms with Gasteiger partial charge < -0.3 is 5.73 Å². The molecule has 0 aliphatic carbocycles. The van der Waals surface area contributed by atoms with E-state index in [1.54, 1.807) is 6.20 Å². The van der Waals surface area contributed by atoms with Gasteiger partial charge in [0.2, 0.25) is 0 Å². The summed E-state index contributed by atoms with van der Waals surface area (Å²) in [5.41, 5.74) is 8.76. The van der Waals surface area contributed by atoms with Gasteiger partial charge in [-0.2, -0.15) is 0 Å². The molecule has 120 valence electrons. The molecule has 0 atom stereocenters. The number of aromatic nitrogens is 1. The molecule has 0 spiro atoms. The van der Waals surface area contributed by atoms with Crippen LogP contribution in [-0.2, 0) is 5.41 Å². The smallest absolute Gasteiger partial charge is 0.267 e. The van der Waals surface area contributed by atoms with E-state index in [0.29, 0.717) is 0 Å². The van der Waals surface area contributed by atoms with Crippen LogP contribution in [0.3, 0.4) is 0 Å². The molecule has 0 saturated heterocycles. The summed E-state index contributed by atoms with van der Waals surface area (Å²) in [6, 6.07) is 24.5. The molecule has 3 heteroatoms. The summed E-state index contributed by atoms with van der Waals surface area (Å²) in [4.78, 5) is 15.7. The molecule has 0 bridgehead atoms. The van der Waals surface area contributed by atoms with Crippen molar-refractivity contribution < 1.29 is 4.79 Å². The first-order valence-electron chi connectivity index (χ1n) is 8.06. The van der Waals surface area contributed by atoms with E-state index in [1.807, 2.05) is 48.5 Å². The highest BCUT2D eigenvalue weighted by Crippen LogP contribution is 2.41. The van der Waals surface area contributed by atoms with Crippen molar-refractivity contribution in [3.63, 3.8) is 0 Å². The number of nitrogens with zero attached hydrogens (tertiary/aromatic N) is 1. The number of hydrogen-bond donors (Lipinski definition) is 1. The summed E-state index contributed by atoms with van der Waals surface area (Å²) in [6.07, 6.45) is 2.51. The van der Waals surface area contributed by atoms with Crippen molar-refractivity contribution >= 4 is 5.91 Å². The summed E-state index contributed by atoms with van der Waals surface area (Å²) in [5, 5.41) is 0. The molecule has 0 fully saturated rings. The standard InChI is InChI=1S/C21H20N2O/c1-2-21(16-9-5-3-6-10-16,17-11-7-4-8-12-17)18-13-14-23-19(15-18)20(22)24/h3-15H,2H2,1H3,(H2,22,24). The number of rotatable bonds is 5. The summed E-state index contributed by atoms with van der Waals surface area (Å²) in [6.45, 7) is 2.16. The number of carbonyl (C=O) groups excluding carboxylic acids is 1. The monoisotopic (exact) mass is 316 g/mol. The highest BCUT2D eigenvalue weighted by molar-refractivity contribution is 5.91. The van der Waals surface area contributed by atoms with Crippen LogP contribution in [0.1, 0.15) is 40.5 Å². The number of carbonyl (C=O) groups is 1. The second-order valence-electron chi connectivity index (χ2n) is 5.78. The Hall–Kier alpha value is -2.94. The fraction of sp³-hybridized carbons (Fsp3) is 0.143. The zero-order valence-electron chi connectivity index (χ0n) is 13.6. The minimum absolute atomic E-state index is 0.289. The Morgan fingerprint density at radius 2 is 1.46 bits per heavy atom. The molecule has 24 heavy (non-hydrogen) atoms. The van der Waals surface area contributed by atoms with Crippen molar-refractivity contribution in [3.8, 4) is 0 Å². The molecule has 3 nitrogen and oxygen atoms in total. The van der Waals surface area contributed by atoms with Crippen LogP contribution in [0, 0.1) is 0 Å². The Balaban J connectivity index is 2.30. The normalized spacial score (nSPS) is 11.2. The average molecular weight is 316 g/mol. The van der Waals surface area contributed by atoms with Gasteiger partial charge in [0.25, 0.3) is 5.91 Å². The predicted octanol–water partition coefficient (Wildman–Crippen LogP) is 3.92. The third kappa shape index (κ3) is 2.69. The lowest BCUT2D eigenvalue weighted by Gasteiger charge is -2.35. The predicted molar refractivity (Wildman–Crippen MR) is 95.8 cm³/mol. The van der Waals surface area contributed by atoms with Gasteiger partial charge in [-0.3, -0.25) is 9.78 Å². The molecule has 0 radical (unpaired) electrons. The molecule has 0 unspecified atom stereocenters. The topological polar surface area (TPSA) is 56.0 Å². The third-order valence-corrected chi connectivity index (χ3v) is 4.57. The van der Waals surface area contributed by atoms with Crippen molar-refractivity contribution in [2.24, 2.45) is 5.73 Å². The van der Waals surface area contributed by atoms with Crippen LogP contribution in [-0.4, -0.2) is 10.9 Å². The summed E-state index contributed by atoms with van der Waals surface area (Å²) < 4.78 is 0. The molecule has 0 saturated carbocycles. The fourth-order valence-electron chi connectivity index (χ4n) is 3.39.